The van der Waals surface area contributed by atoms with Crippen LogP contribution in [-0.2, 0) is 4.79 Å². The summed E-state index contributed by atoms with van der Waals surface area (Å²) in [5, 5.41) is 12.2. The topological polar surface area (TPSA) is 58.6 Å². The Morgan fingerprint density at radius 3 is 2.53 bits per heavy atom. The zero-order valence-electron chi connectivity index (χ0n) is 11.5. The van der Waals surface area contributed by atoms with Gasteiger partial charge in [0.1, 0.15) is 5.75 Å². The molecule has 104 valence electrons. The number of aliphatic hydroxyl groups excluding tert-OH is 1. The monoisotopic (exact) mass is 263 g/mol. The fourth-order valence-electron chi connectivity index (χ4n) is 2.16. The molecule has 0 bridgehead atoms. The van der Waals surface area contributed by atoms with E-state index in [9.17, 15) is 9.90 Å². The van der Waals surface area contributed by atoms with Crippen molar-refractivity contribution in [2.75, 3.05) is 6.61 Å². The zero-order valence-corrected chi connectivity index (χ0v) is 11.5. The zero-order chi connectivity index (χ0) is 13.9. The second-order valence-electron chi connectivity index (χ2n) is 5.35. The summed E-state index contributed by atoms with van der Waals surface area (Å²) >= 11 is 0. The SMILES string of the molecule is Cc1ccc(OC(C)C(=O)NC2(CO)CCC2)cc1. The molecule has 2 N–H and O–H groups in total. The molecule has 1 aromatic carbocycles. The molecule has 0 spiro atoms. The molecule has 1 saturated carbocycles. The fraction of sp³-hybridized carbons (Fsp3) is 0.533. The summed E-state index contributed by atoms with van der Waals surface area (Å²) in [4.78, 5) is 12.0. The van der Waals surface area contributed by atoms with E-state index < -0.39 is 11.6 Å². The van der Waals surface area contributed by atoms with Crippen molar-refractivity contribution in [1.29, 1.82) is 0 Å². The minimum Gasteiger partial charge on any atom is -0.481 e. The van der Waals surface area contributed by atoms with E-state index >= 15 is 0 Å². The van der Waals surface area contributed by atoms with Crippen LogP contribution >= 0.6 is 0 Å². The third-order valence-electron chi connectivity index (χ3n) is 3.70. The molecule has 1 aliphatic rings. The normalized spacial score (nSPS) is 18.3. The average Bonchev–Trinajstić information content (AvgIpc) is 2.36. The van der Waals surface area contributed by atoms with Crippen LogP contribution in [0.25, 0.3) is 0 Å². The number of amides is 1. The number of carbonyl (C=O) groups is 1. The lowest BCUT2D eigenvalue weighted by Crippen LogP contribution is -2.58. The van der Waals surface area contributed by atoms with Gasteiger partial charge in [0.25, 0.3) is 5.91 Å². The first-order valence-electron chi connectivity index (χ1n) is 6.71. The summed E-state index contributed by atoms with van der Waals surface area (Å²) in [6.07, 6.45) is 2.17. The maximum atomic E-state index is 12.0. The number of ether oxygens (including phenoxy) is 1. The molecule has 0 aliphatic heterocycles. The Morgan fingerprint density at radius 2 is 2.05 bits per heavy atom. The van der Waals surface area contributed by atoms with Crippen molar-refractivity contribution in [3.05, 3.63) is 29.8 Å². The van der Waals surface area contributed by atoms with E-state index in [2.05, 4.69) is 5.32 Å². The van der Waals surface area contributed by atoms with Crippen LogP contribution in [0.3, 0.4) is 0 Å². The van der Waals surface area contributed by atoms with Gasteiger partial charge in [0, 0.05) is 0 Å². The minimum atomic E-state index is -0.563. The smallest absolute Gasteiger partial charge is 0.261 e. The maximum absolute atomic E-state index is 12.0. The third-order valence-corrected chi connectivity index (χ3v) is 3.70. The van der Waals surface area contributed by atoms with Gasteiger partial charge >= 0.3 is 0 Å². The molecule has 4 heteroatoms. The van der Waals surface area contributed by atoms with Gasteiger partial charge in [0.2, 0.25) is 0 Å². The Hall–Kier alpha value is -1.55. The molecule has 1 fully saturated rings. The van der Waals surface area contributed by atoms with Crippen LogP contribution in [0.2, 0.25) is 0 Å². The van der Waals surface area contributed by atoms with Gasteiger partial charge in [0.15, 0.2) is 6.10 Å². The van der Waals surface area contributed by atoms with E-state index in [1.54, 1.807) is 6.92 Å². The molecular formula is C15H21NO3. The first-order chi connectivity index (χ1) is 9.04. The number of aryl methyl sites for hydroxylation is 1. The fourth-order valence-corrected chi connectivity index (χ4v) is 2.16. The maximum Gasteiger partial charge on any atom is 0.261 e. The first-order valence-corrected chi connectivity index (χ1v) is 6.71. The molecule has 0 aromatic heterocycles. The van der Waals surface area contributed by atoms with E-state index in [-0.39, 0.29) is 12.5 Å². The summed E-state index contributed by atoms with van der Waals surface area (Å²) in [6, 6.07) is 7.59. The lowest BCUT2D eigenvalue weighted by Gasteiger charge is -2.41. The molecule has 1 amide bonds. The van der Waals surface area contributed by atoms with E-state index in [4.69, 9.17) is 4.74 Å². The highest BCUT2D eigenvalue weighted by Crippen LogP contribution is 2.31. The van der Waals surface area contributed by atoms with Crippen LogP contribution < -0.4 is 10.1 Å². The molecule has 0 radical (unpaired) electrons. The number of aliphatic hydroxyl groups is 1. The second-order valence-corrected chi connectivity index (χ2v) is 5.35. The molecule has 1 aliphatic carbocycles. The second kappa shape index (κ2) is 5.61. The molecule has 0 heterocycles. The Labute approximate surface area is 113 Å². The minimum absolute atomic E-state index is 0.00398. The van der Waals surface area contributed by atoms with E-state index in [1.165, 1.54) is 0 Å². The highest BCUT2D eigenvalue weighted by Gasteiger charge is 2.38. The van der Waals surface area contributed by atoms with Gasteiger partial charge < -0.3 is 15.2 Å². The molecule has 1 unspecified atom stereocenters. The first kappa shape index (κ1) is 13.9. The quantitative estimate of drug-likeness (QED) is 0.851. The molecule has 1 atom stereocenters. The van der Waals surface area contributed by atoms with Gasteiger partial charge in [-0.3, -0.25) is 4.79 Å². The van der Waals surface area contributed by atoms with Crippen LogP contribution in [0.1, 0.15) is 31.7 Å². The Kier molecular flexibility index (Phi) is 4.10. The van der Waals surface area contributed by atoms with Crippen LogP contribution in [-0.4, -0.2) is 29.3 Å². The molecule has 1 aromatic rings. The van der Waals surface area contributed by atoms with Gasteiger partial charge in [-0.1, -0.05) is 17.7 Å². The van der Waals surface area contributed by atoms with Crippen molar-refractivity contribution in [2.24, 2.45) is 0 Å². The van der Waals surface area contributed by atoms with Crippen molar-refractivity contribution in [2.45, 2.75) is 44.8 Å². The molecule has 0 saturated heterocycles. The number of nitrogens with one attached hydrogen (secondary N) is 1. The molecule has 4 nitrogen and oxygen atoms in total. The number of rotatable bonds is 5. The lowest BCUT2D eigenvalue weighted by atomic mass is 9.77. The van der Waals surface area contributed by atoms with Crippen LogP contribution in [0, 0.1) is 6.92 Å². The molecular weight excluding hydrogens is 242 g/mol. The third kappa shape index (κ3) is 3.26. The average molecular weight is 263 g/mol. The summed E-state index contributed by atoms with van der Waals surface area (Å²) in [5.74, 6) is 0.509. The summed E-state index contributed by atoms with van der Waals surface area (Å²) < 4.78 is 5.60. The summed E-state index contributed by atoms with van der Waals surface area (Å²) in [7, 11) is 0. The van der Waals surface area contributed by atoms with E-state index in [0.29, 0.717) is 5.75 Å². The van der Waals surface area contributed by atoms with Gasteiger partial charge in [0.05, 0.1) is 12.1 Å². The van der Waals surface area contributed by atoms with E-state index in [0.717, 1.165) is 24.8 Å². The Balaban J connectivity index is 1.90. The van der Waals surface area contributed by atoms with Gasteiger partial charge in [-0.05, 0) is 45.2 Å². The number of hydrogen-bond acceptors (Lipinski definition) is 3. The van der Waals surface area contributed by atoms with Gasteiger partial charge in [-0.15, -0.1) is 0 Å². The predicted octanol–water partition coefficient (Wildman–Crippen LogP) is 1.79. The predicted molar refractivity (Wildman–Crippen MR) is 73.1 cm³/mol. The van der Waals surface area contributed by atoms with Crippen molar-refractivity contribution in [3.8, 4) is 5.75 Å². The number of carbonyl (C=O) groups excluding carboxylic acids is 1. The Morgan fingerprint density at radius 1 is 1.42 bits per heavy atom. The van der Waals surface area contributed by atoms with Crippen LogP contribution in [0.15, 0.2) is 24.3 Å². The van der Waals surface area contributed by atoms with Crippen molar-refractivity contribution in [3.63, 3.8) is 0 Å². The summed E-state index contributed by atoms with van der Waals surface area (Å²) in [5.41, 5.74) is 0.736. The standard InChI is InChI=1S/C15H21NO3/c1-11-4-6-13(7-5-11)19-12(2)14(18)16-15(10-17)8-3-9-15/h4-7,12,17H,3,8-10H2,1-2H3,(H,16,18). The van der Waals surface area contributed by atoms with Crippen LogP contribution in [0.5, 0.6) is 5.75 Å². The van der Waals surface area contributed by atoms with Gasteiger partial charge in [-0.2, -0.15) is 0 Å². The van der Waals surface area contributed by atoms with Crippen LogP contribution in [0.4, 0.5) is 0 Å². The van der Waals surface area contributed by atoms with Gasteiger partial charge in [-0.25, -0.2) is 0 Å². The van der Waals surface area contributed by atoms with E-state index in [1.807, 2.05) is 31.2 Å². The summed E-state index contributed by atoms with van der Waals surface area (Å²) in [6.45, 7) is 3.72. The largest absolute Gasteiger partial charge is 0.481 e. The molecule has 19 heavy (non-hydrogen) atoms. The van der Waals surface area contributed by atoms with Crippen molar-refractivity contribution in [1.82, 2.24) is 5.32 Å². The number of hydrogen-bond donors (Lipinski definition) is 2. The lowest BCUT2D eigenvalue weighted by molar-refractivity contribution is -0.131. The van der Waals surface area contributed by atoms with Crippen molar-refractivity contribution < 1.29 is 14.6 Å². The number of benzene rings is 1. The molecule has 2 rings (SSSR count). The Bertz CT molecular complexity index is 432. The highest BCUT2D eigenvalue weighted by atomic mass is 16.5. The van der Waals surface area contributed by atoms with Crippen molar-refractivity contribution >= 4 is 5.91 Å². The highest BCUT2D eigenvalue weighted by molar-refractivity contribution is 5.81.